The summed E-state index contributed by atoms with van der Waals surface area (Å²) in [5.74, 6) is -1.12. The van der Waals surface area contributed by atoms with E-state index in [-0.39, 0.29) is 11.9 Å². The summed E-state index contributed by atoms with van der Waals surface area (Å²) in [7, 11) is 0. The fourth-order valence-corrected chi connectivity index (χ4v) is 1.68. The number of amides is 2. The average Bonchev–Trinajstić information content (AvgIpc) is 2.29. The van der Waals surface area contributed by atoms with Crippen LogP contribution in [-0.2, 0) is 4.79 Å². The summed E-state index contributed by atoms with van der Waals surface area (Å²) >= 11 is 0. The number of urea groups is 1. The van der Waals surface area contributed by atoms with Gasteiger partial charge in [0.05, 0.1) is 0 Å². The van der Waals surface area contributed by atoms with Crippen molar-refractivity contribution in [1.29, 1.82) is 0 Å². The fraction of sp³-hybridized carbons (Fsp3) is 0.714. The molecule has 5 heteroatoms. The summed E-state index contributed by atoms with van der Waals surface area (Å²) in [6.07, 6.45) is 2.32. The second-order valence-electron chi connectivity index (χ2n) is 5.72. The molecule has 0 aromatic carbocycles. The van der Waals surface area contributed by atoms with Crippen LogP contribution < -0.4 is 5.32 Å². The highest BCUT2D eigenvalue weighted by Crippen LogP contribution is 2.15. The molecule has 19 heavy (non-hydrogen) atoms. The van der Waals surface area contributed by atoms with Crippen molar-refractivity contribution in [2.75, 3.05) is 6.54 Å². The lowest BCUT2D eigenvalue weighted by Gasteiger charge is -2.36. The Kier molecular flexibility index (Phi) is 6.59. The number of hydrogen-bond acceptors (Lipinski definition) is 2. The van der Waals surface area contributed by atoms with E-state index in [4.69, 9.17) is 0 Å². The molecule has 0 spiro atoms. The summed E-state index contributed by atoms with van der Waals surface area (Å²) in [5.41, 5.74) is -0.392. The van der Waals surface area contributed by atoms with Gasteiger partial charge >= 0.3 is 12.0 Å². The number of nitrogens with one attached hydrogen (secondary N) is 1. The Morgan fingerprint density at radius 1 is 1.42 bits per heavy atom. The second kappa shape index (κ2) is 7.16. The quantitative estimate of drug-likeness (QED) is 0.728. The Morgan fingerprint density at radius 2 is 1.95 bits per heavy atom. The van der Waals surface area contributed by atoms with Gasteiger partial charge in [-0.05, 0) is 26.7 Å². The first-order valence-electron chi connectivity index (χ1n) is 6.57. The largest absolute Gasteiger partial charge is 0.480 e. The topological polar surface area (TPSA) is 69.6 Å². The van der Waals surface area contributed by atoms with Crippen LogP contribution in [0.5, 0.6) is 0 Å². The minimum absolute atomic E-state index is 0.119. The normalized spacial score (nSPS) is 14.4. The molecule has 0 saturated carbocycles. The van der Waals surface area contributed by atoms with Gasteiger partial charge < -0.3 is 15.3 Å². The molecule has 0 rings (SSSR count). The van der Waals surface area contributed by atoms with Gasteiger partial charge in [-0.1, -0.05) is 26.3 Å². The molecule has 0 aliphatic heterocycles. The third kappa shape index (κ3) is 5.32. The zero-order valence-electron chi connectivity index (χ0n) is 12.6. The zero-order valence-corrected chi connectivity index (χ0v) is 12.6. The van der Waals surface area contributed by atoms with Crippen LogP contribution in [0.4, 0.5) is 4.79 Å². The Morgan fingerprint density at radius 3 is 2.26 bits per heavy atom. The zero-order chi connectivity index (χ0) is 15.2. The predicted molar refractivity (Wildman–Crippen MR) is 76.1 cm³/mol. The van der Waals surface area contributed by atoms with E-state index in [1.165, 1.54) is 0 Å². The molecule has 0 aromatic heterocycles. The van der Waals surface area contributed by atoms with Crippen molar-refractivity contribution in [3.63, 3.8) is 0 Å². The van der Waals surface area contributed by atoms with Crippen LogP contribution in [0.15, 0.2) is 12.7 Å². The van der Waals surface area contributed by atoms with Gasteiger partial charge in [0.2, 0.25) is 0 Å². The Balaban J connectivity index is 4.96. The van der Waals surface area contributed by atoms with Crippen molar-refractivity contribution in [1.82, 2.24) is 10.2 Å². The first-order chi connectivity index (χ1) is 8.65. The van der Waals surface area contributed by atoms with Gasteiger partial charge in [0.25, 0.3) is 0 Å². The van der Waals surface area contributed by atoms with Crippen LogP contribution in [-0.4, -0.2) is 40.1 Å². The van der Waals surface area contributed by atoms with Gasteiger partial charge in [-0.3, -0.25) is 0 Å². The highest BCUT2D eigenvalue weighted by Gasteiger charge is 2.31. The number of carboxylic acids is 1. The van der Waals surface area contributed by atoms with Crippen molar-refractivity contribution in [2.24, 2.45) is 5.92 Å². The molecule has 0 heterocycles. The molecule has 5 nitrogen and oxygen atoms in total. The molecule has 1 unspecified atom stereocenters. The van der Waals surface area contributed by atoms with Crippen molar-refractivity contribution in [2.45, 2.75) is 52.6 Å². The number of carboxylic acid groups (broad SMARTS) is 1. The molecular weight excluding hydrogens is 244 g/mol. The van der Waals surface area contributed by atoms with Crippen molar-refractivity contribution < 1.29 is 14.7 Å². The van der Waals surface area contributed by atoms with E-state index < -0.39 is 17.6 Å². The summed E-state index contributed by atoms with van der Waals surface area (Å²) in [6.45, 7) is 13.4. The van der Waals surface area contributed by atoms with Crippen molar-refractivity contribution in [3.8, 4) is 0 Å². The fourth-order valence-electron chi connectivity index (χ4n) is 1.68. The average molecular weight is 270 g/mol. The molecule has 0 bridgehead atoms. The molecule has 0 aromatic rings. The summed E-state index contributed by atoms with van der Waals surface area (Å²) in [4.78, 5) is 25.0. The van der Waals surface area contributed by atoms with E-state index >= 15 is 0 Å². The van der Waals surface area contributed by atoms with Crippen LogP contribution in [0.25, 0.3) is 0 Å². The van der Waals surface area contributed by atoms with Crippen LogP contribution in [0.1, 0.15) is 41.0 Å². The minimum atomic E-state index is -1.00. The highest BCUT2D eigenvalue weighted by atomic mass is 16.4. The SMILES string of the molecule is C=CCN(C(=O)N[C@H](C(=O)O)C(C)CC)C(C)(C)C. The van der Waals surface area contributed by atoms with Crippen LogP contribution in [0.2, 0.25) is 0 Å². The number of nitrogens with zero attached hydrogens (tertiary/aromatic N) is 1. The molecule has 2 amide bonds. The van der Waals surface area contributed by atoms with Gasteiger partial charge in [0.15, 0.2) is 0 Å². The number of aliphatic carboxylic acids is 1. The standard InChI is InChI=1S/C14H26N2O3/c1-7-9-16(14(4,5)6)13(19)15-11(12(17)18)10(3)8-2/h7,10-11H,1,8-9H2,2-6H3,(H,15,19)(H,17,18)/t10?,11-/m0/s1. The van der Waals surface area contributed by atoms with Crippen LogP contribution in [0, 0.1) is 5.92 Å². The molecule has 0 radical (unpaired) electrons. The summed E-state index contributed by atoms with van der Waals surface area (Å²) in [5, 5.41) is 11.8. The maximum absolute atomic E-state index is 12.2. The maximum Gasteiger partial charge on any atom is 0.326 e. The van der Waals surface area contributed by atoms with Gasteiger partial charge in [0.1, 0.15) is 6.04 Å². The lowest BCUT2D eigenvalue weighted by Crippen LogP contribution is -2.55. The molecule has 0 aliphatic carbocycles. The Bertz CT molecular complexity index is 334. The third-order valence-electron chi connectivity index (χ3n) is 3.12. The van der Waals surface area contributed by atoms with E-state index in [0.29, 0.717) is 13.0 Å². The van der Waals surface area contributed by atoms with Crippen molar-refractivity contribution in [3.05, 3.63) is 12.7 Å². The lowest BCUT2D eigenvalue weighted by molar-refractivity contribution is -0.140. The molecule has 2 atom stereocenters. The summed E-state index contributed by atoms with van der Waals surface area (Å²) in [6, 6.07) is -1.24. The van der Waals surface area contributed by atoms with Gasteiger partial charge in [-0.15, -0.1) is 6.58 Å². The van der Waals surface area contributed by atoms with Crippen molar-refractivity contribution >= 4 is 12.0 Å². The molecule has 110 valence electrons. The van der Waals surface area contributed by atoms with E-state index in [1.807, 2.05) is 34.6 Å². The number of rotatable bonds is 6. The molecule has 2 N–H and O–H groups in total. The Hall–Kier alpha value is -1.52. The molecule has 0 aliphatic rings. The van der Waals surface area contributed by atoms with E-state index in [0.717, 1.165) is 0 Å². The molecule has 0 saturated heterocycles. The Labute approximate surface area is 115 Å². The second-order valence-corrected chi connectivity index (χ2v) is 5.72. The van der Waals surface area contributed by atoms with E-state index in [2.05, 4.69) is 11.9 Å². The van der Waals surface area contributed by atoms with Gasteiger partial charge in [-0.2, -0.15) is 0 Å². The van der Waals surface area contributed by atoms with Crippen LogP contribution in [0.3, 0.4) is 0 Å². The first-order valence-corrected chi connectivity index (χ1v) is 6.57. The van der Waals surface area contributed by atoms with Gasteiger partial charge in [-0.25, -0.2) is 9.59 Å². The lowest BCUT2D eigenvalue weighted by atomic mass is 9.99. The molecular formula is C14H26N2O3. The number of carbonyl (C=O) groups is 2. The third-order valence-corrected chi connectivity index (χ3v) is 3.12. The smallest absolute Gasteiger partial charge is 0.326 e. The first kappa shape index (κ1) is 17.5. The number of carbonyl (C=O) groups excluding carboxylic acids is 1. The van der Waals surface area contributed by atoms with Gasteiger partial charge in [0, 0.05) is 12.1 Å². The highest BCUT2D eigenvalue weighted by molar-refractivity contribution is 5.83. The van der Waals surface area contributed by atoms with E-state index in [9.17, 15) is 14.7 Å². The predicted octanol–water partition coefficient (Wildman–Crippen LogP) is 2.48. The number of hydrogen-bond donors (Lipinski definition) is 2. The molecule has 0 fully saturated rings. The summed E-state index contributed by atoms with van der Waals surface area (Å²) < 4.78 is 0. The monoisotopic (exact) mass is 270 g/mol. The minimum Gasteiger partial charge on any atom is -0.480 e. The van der Waals surface area contributed by atoms with Crippen LogP contribution >= 0.6 is 0 Å². The van der Waals surface area contributed by atoms with E-state index in [1.54, 1.807) is 11.0 Å². The maximum atomic E-state index is 12.2.